The molecule has 1 aliphatic heterocycles. The molecule has 112 valence electrons. The highest BCUT2D eigenvalue weighted by Gasteiger charge is 2.42. The van der Waals surface area contributed by atoms with Crippen LogP contribution in [-0.4, -0.2) is 28.2 Å². The van der Waals surface area contributed by atoms with Crippen molar-refractivity contribution < 1.29 is 10.0 Å². The molecule has 1 unspecified atom stereocenters. The van der Waals surface area contributed by atoms with Gasteiger partial charge in [0.15, 0.2) is 5.84 Å². The van der Waals surface area contributed by atoms with Crippen LogP contribution in [0.3, 0.4) is 0 Å². The van der Waals surface area contributed by atoms with E-state index in [4.69, 9.17) is 10.9 Å². The minimum absolute atomic E-state index is 0.0269. The molecule has 21 heavy (non-hydrogen) atoms. The van der Waals surface area contributed by atoms with Crippen LogP contribution in [0.25, 0.3) is 0 Å². The van der Waals surface area contributed by atoms with E-state index in [9.17, 15) is 4.79 Å². The Labute approximate surface area is 128 Å². The standard InChI is InChI=1S/C15H19N3O2S/c16-14(18-20)15(7-3-4-8-15)17-13(19)11-9-21-12-6-2-1-5-10(11)12/h1-2,5-6,11,20H,3-4,7-9H2,(H2,16,18)(H,17,19). The molecule has 1 fully saturated rings. The monoisotopic (exact) mass is 305 g/mol. The zero-order chi connectivity index (χ0) is 14.9. The van der Waals surface area contributed by atoms with Gasteiger partial charge in [-0.25, -0.2) is 0 Å². The normalized spacial score (nSPS) is 23.8. The Morgan fingerprint density at radius 3 is 2.81 bits per heavy atom. The highest BCUT2D eigenvalue weighted by Crippen LogP contribution is 2.40. The second-order valence-corrected chi connectivity index (χ2v) is 6.73. The van der Waals surface area contributed by atoms with E-state index in [0.717, 1.165) is 37.0 Å². The summed E-state index contributed by atoms with van der Waals surface area (Å²) >= 11 is 1.70. The van der Waals surface area contributed by atoms with Gasteiger partial charge in [0.05, 0.1) is 5.92 Å². The number of thioether (sulfide) groups is 1. The maximum absolute atomic E-state index is 12.7. The first-order valence-electron chi connectivity index (χ1n) is 7.18. The van der Waals surface area contributed by atoms with Crippen molar-refractivity contribution in [2.75, 3.05) is 5.75 Å². The zero-order valence-electron chi connectivity index (χ0n) is 11.7. The van der Waals surface area contributed by atoms with E-state index < -0.39 is 5.54 Å². The first kappa shape index (κ1) is 14.3. The van der Waals surface area contributed by atoms with Gasteiger partial charge in [0, 0.05) is 10.6 Å². The fraction of sp³-hybridized carbons (Fsp3) is 0.467. The predicted octanol–water partition coefficient (Wildman–Crippen LogP) is 2.05. The van der Waals surface area contributed by atoms with Crippen LogP contribution in [0.2, 0.25) is 0 Å². The zero-order valence-corrected chi connectivity index (χ0v) is 12.5. The molecule has 1 aromatic carbocycles. The maximum atomic E-state index is 12.7. The molecule has 1 atom stereocenters. The lowest BCUT2D eigenvalue weighted by molar-refractivity contribution is -0.123. The number of fused-ring (bicyclic) bond motifs is 1. The van der Waals surface area contributed by atoms with Crippen molar-refractivity contribution in [3.63, 3.8) is 0 Å². The number of benzene rings is 1. The van der Waals surface area contributed by atoms with Crippen molar-refractivity contribution >= 4 is 23.5 Å². The number of hydrogen-bond acceptors (Lipinski definition) is 4. The number of nitrogens with two attached hydrogens (primary N) is 1. The summed E-state index contributed by atoms with van der Waals surface area (Å²) in [6.45, 7) is 0. The van der Waals surface area contributed by atoms with E-state index in [-0.39, 0.29) is 17.7 Å². The van der Waals surface area contributed by atoms with Gasteiger partial charge >= 0.3 is 0 Å². The lowest BCUT2D eigenvalue weighted by Crippen LogP contribution is -2.56. The molecular formula is C15H19N3O2S. The molecule has 4 N–H and O–H groups in total. The van der Waals surface area contributed by atoms with Gasteiger partial charge in [0.2, 0.25) is 5.91 Å². The second kappa shape index (κ2) is 5.60. The highest BCUT2D eigenvalue weighted by atomic mass is 32.2. The van der Waals surface area contributed by atoms with Gasteiger partial charge in [-0.3, -0.25) is 4.79 Å². The first-order chi connectivity index (χ1) is 10.2. The van der Waals surface area contributed by atoms with E-state index >= 15 is 0 Å². The van der Waals surface area contributed by atoms with Gasteiger partial charge < -0.3 is 16.3 Å². The molecule has 6 heteroatoms. The molecule has 0 bridgehead atoms. The van der Waals surface area contributed by atoms with E-state index in [1.807, 2.05) is 24.3 Å². The van der Waals surface area contributed by atoms with Crippen LogP contribution in [0.5, 0.6) is 0 Å². The Kier molecular flexibility index (Phi) is 3.80. The van der Waals surface area contributed by atoms with Gasteiger partial charge in [-0.05, 0) is 24.5 Å². The summed E-state index contributed by atoms with van der Waals surface area (Å²) in [7, 11) is 0. The number of amides is 1. The van der Waals surface area contributed by atoms with Crippen molar-refractivity contribution in [3.05, 3.63) is 29.8 Å². The van der Waals surface area contributed by atoms with E-state index in [1.165, 1.54) is 4.90 Å². The third kappa shape index (κ3) is 2.48. The Morgan fingerprint density at radius 2 is 2.10 bits per heavy atom. The van der Waals surface area contributed by atoms with Crippen molar-refractivity contribution in [3.8, 4) is 0 Å². The van der Waals surface area contributed by atoms with Crippen LogP contribution in [0.4, 0.5) is 0 Å². The Morgan fingerprint density at radius 1 is 1.38 bits per heavy atom. The first-order valence-corrected chi connectivity index (χ1v) is 8.16. The van der Waals surface area contributed by atoms with E-state index in [2.05, 4.69) is 10.5 Å². The largest absolute Gasteiger partial charge is 0.409 e. The number of nitrogens with one attached hydrogen (secondary N) is 1. The van der Waals surface area contributed by atoms with Crippen LogP contribution >= 0.6 is 11.8 Å². The summed E-state index contributed by atoms with van der Waals surface area (Å²) in [5, 5.41) is 15.2. The molecule has 0 spiro atoms. The van der Waals surface area contributed by atoms with E-state index in [0.29, 0.717) is 0 Å². The number of amidine groups is 1. The number of hydrogen-bond donors (Lipinski definition) is 3. The molecule has 1 heterocycles. The van der Waals surface area contributed by atoms with Crippen molar-refractivity contribution in [1.29, 1.82) is 0 Å². The van der Waals surface area contributed by atoms with Gasteiger partial charge in [-0.1, -0.05) is 36.2 Å². The molecule has 0 radical (unpaired) electrons. The van der Waals surface area contributed by atoms with E-state index in [1.54, 1.807) is 11.8 Å². The number of carbonyl (C=O) groups excluding carboxylic acids is 1. The summed E-state index contributed by atoms with van der Waals surface area (Å²) in [6, 6.07) is 7.99. The summed E-state index contributed by atoms with van der Waals surface area (Å²) in [5.41, 5.74) is 6.24. The van der Waals surface area contributed by atoms with Crippen LogP contribution in [0.15, 0.2) is 34.3 Å². The fourth-order valence-electron chi connectivity index (χ4n) is 3.22. The molecule has 1 aliphatic carbocycles. The molecule has 5 nitrogen and oxygen atoms in total. The average Bonchev–Trinajstić information content (AvgIpc) is 3.13. The molecule has 0 aromatic heterocycles. The lowest BCUT2D eigenvalue weighted by atomic mass is 9.93. The van der Waals surface area contributed by atoms with Gasteiger partial charge in [0.25, 0.3) is 0 Å². The minimum atomic E-state index is -0.673. The van der Waals surface area contributed by atoms with Gasteiger partial charge in [0.1, 0.15) is 5.54 Å². The van der Waals surface area contributed by atoms with Crippen molar-refractivity contribution in [1.82, 2.24) is 5.32 Å². The lowest BCUT2D eigenvalue weighted by Gasteiger charge is -2.30. The van der Waals surface area contributed by atoms with Crippen LogP contribution in [0, 0.1) is 0 Å². The van der Waals surface area contributed by atoms with Crippen LogP contribution < -0.4 is 11.1 Å². The van der Waals surface area contributed by atoms with Crippen LogP contribution in [0.1, 0.15) is 37.2 Å². The molecular weight excluding hydrogens is 286 g/mol. The van der Waals surface area contributed by atoms with Crippen LogP contribution in [-0.2, 0) is 4.79 Å². The fourth-order valence-corrected chi connectivity index (χ4v) is 4.45. The maximum Gasteiger partial charge on any atom is 0.229 e. The van der Waals surface area contributed by atoms with Crippen molar-refractivity contribution in [2.24, 2.45) is 10.9 Å². The molecule has 2 aliphatic rings. The Hall–Kier alpha value is -1.69. The number of oxime groups is 1. The minimum Gasteiger partial charge on any atom is -0.409 e. The summed E-state index contributed by atoms with van der Waals surface area (Å²) in [5.74, 6) is 0.681. The smallest absolute Gasteiger partial charge is 0.229 e. The topological polar surface area (TPSA) is 87.7 Å². The summed E-state index contributed by atoms with van der Waals surface area (Å²) in [6.07, 6.45) is 3.42. The number of nitrogens with zero attached hydrogens (tertiary/aromatic N) is 1. The highest BCUT2D eigenvalue weighted by molar-refractivity contribution is 7.99. The SMILES string of the molecule is NC(=NO)C1(NC(=O)C2CSc3ccccc32)CCCC1. The third-order valence-corrected chi connectivity index (χ3v) is 5.62. The van der Waals surface area contributed by atoms with Crippen molar-refractivity contribution in [2.45, 2.75) is 42.0 Å². The third-order valence-electron chi connectivity index (χ3n) is 4.43. The predicted molar refractivity (Wildman–Crippen MR) is 82.7 cm³/mol. The summed E-state index contributed by atoms with van der Waals surface area (Å²) < 4.78 is 0. The quantitative estimate of drug-likeness (QED) is 0.345. The Balaban J connectivity index is 1.81. The molecule has 0 saturated heterocycles. The molecule has 1 aromatic rings. The Bertz CT molecular complexity index is 582. The second-order valence-electron chi connectivity index (χ2n) is 5.67. The molecule has 3 rings (SSSR count). The molecule has 1 amide bonds. The number of carbonyl (C=O) groups is 1. The molecule has 1 saturated carbocycles. The van der Waals surface area contributed by atoms with Gasteiger partial charge in [-0.15, -0.1) is 11.8 Å². The average molecular weight is 305 g/mol. The summed E-state index contributed by atoms with van der Waals surface area (Å²) in [4.78, 5) is 13.8. The number of rotatable bonds is 3. The van der Waals surface area contributed by atoms with Gasteiger partial charge in [-0.2, -0.15) is 0 Å².